The van der Waals surface area contributed by atoms with E-state index >= 15 is 0 Å². The fourth-order valence-corrected chi connectivity index (χ4v) is 2.53. The first-order valence-corrected chi connectivity index (χ1v) is 9.02. The predicted octanol–water partition coefficient (Wildman–Crippen LogP) is -1.50. The lowest BCUT2D eigenvalue weighted by molar-refractivity contribution is -0.291. The smallest absolute Gasteiger partial charge is 0.336 e. The third kappa shape index (κ3) is 6.20. The highest BCUT2D eigenvalue weighted by Gasteiger charge is 2.46. The quantitative estimate of drug-likeness (QED) is 0.245. The van der Waals surface area contributed by atoms with Crippen LogP contribution < -0.4 is 0 Å². The maximum atomic E-state index is 12.0. The molecule has 30 heavy (non-hydrogen) atoms. The Labute approximate surface area is 172 Å². The lowest BCUT2D eigenvalue weighted by Gasteiger charge is -2.39. The van der Waals surface area contributed by atoms with Gasteiger partial charge in [-0.25, -0.2) is 9.59 Å². The van der Waals surface area contributed by atoms with E-state index in [4.69, 9.17) is 19.3 Å². The van der Waals surface area contributed by atoms with Gasteiger partial charge in [-0.2, -0.15) is 0 Å². The first-order chi connectivity index (χ1) is 14.2. The maximum absolute atomic E-state index is 12.0. The Bertz CT molecular complexity index is 762. The number of hydrogen-bond acceptors (Lipinski definition) is 10. The fraction of sp³-hybridized carbons (Fsp3) is 0.400. The van der Waals surface area contributed by atoms with E-state index in [-0.39, 0.29) is 0 Å². The molecule has 0 bridgehead atoms. The topological polar surface area (TPSA) is 163 Å². The molecule has 0 amide bonds. The Morgan fingerprint density at radius 3 is 2.43 bits per heavy atom. The average molecular weight is 424 g/mol. The van der Waals surface area contributed by atoms with Crippen LogP contribution in [-0.4, -0.2) is 87.5 Å². The molecule has 1 aromatic carbocycles. The van der Waals surface area contributed by atoms with Crippen molar-refractivity contribution in [2.24, 2.45) is 0 Å². The summed E-state index contributed by atoms with van der Waals surface area (Å²) in [5, 5.41) is 48.2. The molecule has 0 spiro atoms. The largest absolute Gasteiger partial charge is 0.459 e. The minimum atomic E-state index is -1.75. The molecule has 1 aliphatic rings. The third-order valence-corrected chi connectivity index (χ3v) is 4.33. The molecule has 1 fully saturated rings. The molecule has 1 aromatic rings. The van der Waals surface area contributed by atoms with E-state index in [0.29, 0.717) is 0 Å². The standard InChI is InChI=1S/C20H24O10/c1-11(13(22)9-21)19(27)28-10-14-16(24)17(25)18(26)20(29-14)30-15(23)8-7-12-5-3-2-4-6-12/h2-8,13-14,16-18,20-22,24-26H,1,9-10H2/t13-,14-,16+,17-,18+,20-/m0/s1. The van der Waals surface area contributed by atoms with E-state index in [2.05, 4.69) is 6.58 Å². The summed E-state index contributed by atoms with van der Waals surface area (Å²) in [7, 11) is 0. The summed E-state index contributed by atoms with van der Waals surface area (Å²) < 4.78 is 15.1. The lowest BCUT2D eigenvalue weighted by atomic mass is 9.99. The van der Waals surface area contributed by atoms with Crippen LogP contribution in [-0.2, 0) is 23.8 Å². The maximum Gasteiger partial charge on any atom is 0.336 e. The van der Waals surface area contributed by atoms with Gasteiger partial charge in [-0.3, -0.25) is 0 Å². The van der Waals surface area contributed by atoms with Crippen LogP contribution in [0.3, 0.4) is 0 Å². The van der Waals surface area contributed by atoms with Crippen molar-refractivity contribution in [3.63, 3.8) is 0 Å². The number of carbonyl (C=O) groups excluding carboxylic acids is 2. The molecule has 0 unspecified atom stereocenters. The van der Waals surface area contributed by atoms with Crippen LogP contribution in [0, 0.1) is 0 Å². The fourth-order valence-electron chi connectivity index (χ4n) is 2.53. The van der Waals surface area contributed by atoms with Crippen molar-refractivity contribution in [2.75, 3.05) is 13.2 Å². The normalized spacial score (nSPS) is 27.4. The molecule has 6 atom stereocenters. The number of aliphatic hydroxyl groups is 5. The Balaban J connectivity index is 1.96. The summed E-state index contributed by atoms with van der Waals surface area (Å²) in [5.74, 6) is -1.94. The third-order valence-electron chi connectivity index (χ3n) is 4.33. The zero-order valence-electron chi connectivity index (χ0n) is 15.9. The van der Waals surface area contributed by atoms with E-state index in [9.17, 15) is 30.0 Å². The second-order valence-electron chi connectivity index (χ2n) is 6.52. The van der Waals surface area contributed by atoms with Crippen molar-refractivity contribution in [1.82, 2.24) is 0 Å². The predicted molar refractivity (Wildman–Crippen MR) is 101 cm³/mol. The summed E-state index contributed by atoms with van der Waals surface area (Å²) in [5.41, 5.74) is 0.308. The van der Waals surface area contributed by atoms with Crippen LogP contribution in [0.15, 0.2) is 48.6 Å². The van der Waals surface area contributed by atoms with Crippen molar-refractivity contribution in [1.29, 1.82) is 0 Å². The second kappa shape index (κ2) is 11.0. The highest BCUT2D eigenvalue weighted by atomic mass is 16.7. The van der Waals surface area contributed by atoms with Gasteiger partial charge >= 0.3 is 11.9 Å². The molecule has 0 radical (unpaired) electrons. The molecular weight excluding hydrogens is 400 g/mol. The van der Waals surface area contributed by atoms with Crippen LogP contribution >= 0.6 is 0 Å². The Kier molecular flexibility index (Phi) is 8.66. The van der Waals surface area contributed by atoms with E-state index in [0.717, 1.165) is 11.6 Å². The van der Waals surface area contributed by atoms with Crippen molar-refractivity contribution in [3.05, 3.63) is 54.1 Å². The van der Waals surface area contributed by atoms with Crippen LogP contribution in [0.1, 0.15) is 5.56 Å². The summed E-state index contributed by atoms with van der Waals surface area (Å²) in [6, 6.07) is 8.86. The number of rotatable bonds is 8. The summed E-state index contributed by atoms with van der Waals surface area (Å²) >= 11 is 0. The highest BCUT2D eigenvalue weighted by Crippen LogP contribution is 2.23. The van der Waals surface area contributed by atoms with Crippen LogP contribution in [0.2, 0.25) is 0 Å². The number of esters is 2. The Morgan fingerprint density at radius 1 is 1.13 bits per heavy atom. The zero-order chi connectivity index (χ0) is 22.3. The number of benzene rings is 1. The van der Waals surface area contributed by atoms with Gasteiger partial charge in [0.2, 0.25) is 6.29 Å². The number of carbonyl (C=O) groups is 2. The van der Waals surface area contributed by atoms with Gasteiger partial charge in [0.1, 0.15) is 37.1 Å². The number of hydrogen-bond donors (Lipinski definition) is 5. The van der Waals surface area contributed by atoms with Gasteiger partial charge in [0, 0.05) is 6.08 Å². The molecule has 164 valence electrons. The summed E-state index contributed by atoms with van der Waals surface area (Å²) in [6.45, 7) is 1.94. The lowest BCUT2D eigenvalue weighted by Crippen LogP contribution is -2.59. The van der Waals surface area contributed by atoms with Gasteiger partial charge in [0.05, 0.1) is 12.2 Å². The van der Waals surface area contributed by atoms with Crippen LogP contribution in [0.25, 0.3) is 6.08 Å². The highest BCUT2D eigenvalue weighted by molar-refractivity contribution is 5.88. The summed E-state index contributed by atoms with van der Waals surface area (Å²) in [4.78, 5) is 23.8. The zero-order valence-corrected chi connectivity index (χ0v) is 15.9. The Morgan fingerprint density at radius 2 is 1.80 bits per heavy atom. The molecule has 0 saturated carbocycles. The average Bonchev–Trinajstić information content (AvgIpc) is 2.76. The molecule has 0 aliphatic carbocycles. The van der Waals surface area contributed by atoms with Crippen molar-refractivity contribution in [2.45, 2.75) is 36.8 Å². The molecule has 10 nitrogen and oxygen atoms in total. The SMILES string of the molecule is C=C(C(=O)OC[C@@H]1O[C@@H](OC(=O)C=Cc2ccccc2)[C@H](O)[C@@H](O)[C@@H]1O)[C@@H](O)CO. The van der Waals surface area contributed by atoms with E-state index in [1.54, 1.807) is 30.3 Å². The van der Waals surface area contributed by atoms with Gasteiger partial charge in [-0.15, -0.1) is 0 Å². The molecule has 1 saturated heterocycles. The summed E-state index contributed by atoms with van der Waals surface area (Å²) in [6.07, 6.45) is -7.07. The monoisotopic (exact) mass is 424 g/mol. The molecule has 0 aromatic heterocycles. The van der Waals surface area contributed by atoms with Crippen LogP contribution in [0.4, 0.5) is 0 Å². The van der Waals surface area contributed by atoms with E-state index < -0.39 is 67.5 Å². The molecule has 10 heteroatoms. The minimum absolute atomic E-state index is 0.419. The van der Waals surface area contributed by atoms with Gasteiger partial charge < -0.3 is 39.7 Å². The van der Waals surface area contributed by atoms with Crippen LogP contribution in [0.5, 0.6) is 0 Å². The minimum Gasteiger partial charge on any atom is -0.459 e. The van der Waals surface area contributed by atoms with Crippen molar-refractivity contribution >= 4 is 18.0 Å². The first-order valence-electron chi connectivity index (χ1n) is 9.02. The van der Waals surface area contributed by atoms with E-state index in [1.165, 1.54) is 6.08 Å². The first kappa shape index (κ1) is 23.7. The number of aliphatic hydroxyl groups excluding tert-OH is 5. The second-order valence-corrected chi connectivity index (χ2v) is 6.52. The van der Waals surface area contributed by atoms with Gasteiger partial charge in [-0.05, 0) is 11.6 Å². The van der Waals surface area contributed by atoms with Gasteiger partial charge in [0.25, 0.3) is 0 Å². The van der Waals surface area contributed by atoms with Crippen molar-refractivity contribution in [3.8, 4) is 0 Å². The molecular formula is C20H24O10. The van der Waals surface area contributed by atoms with Gasteiger partial charge in [-0.1, -0.05) is 36.9 Å². The number of ether oxygens (including phenoxy) is 3. The molecule has 2 rings (SSSR count). The molecule has 1 aliphatic heterocycles. The van der Waals surface area contributed by atoms with E-state index in [1.807, 2.05) is 0 Å². The Hall–Kier alpha value is -2.60. The van der Waals surface area contributed by atoms with Crippen molar-refractivity contribution < 1.29 is 49.3 Å². The molecule has 5 N–H and O–H groups in total. The van der Waals surface area contributed by atoms with Gasteiger partial charge in [0.15, 0.2) is 0 Å². The molecule has 1 heterocycles.